The first-order chi connectivity index (χ1) is 14.4. The Bertz CT molecular complexity index is 622. The molecule has 2 saturated heterocycles. The number of likely N-dealkylation sites (tertiary alicyclic amines) is 1. The Hall–Kier alpha value is -1.30. The fraction of sp³-hybridized carbons (Fsp3) is 0.917. The standard InChI is InChI=1S/C24H40N4O2/c1-16-7-17(2)14-28(13-16)22(29)15-26-3-5-27(6-4-26)24(30)25-23-20-9-18-8-19(11-20)12-21(23)10-18/h16-21,23H,3-15H2,1-2H3,(H,25,30). The lowest BCUT2D eigenvalue weighted by molar-refractivity contribution is -0.135. The van der Waals surface area contributed by atoms with Crippen LogP contribution < -0.4 is 5.32 Å². The van der Waals surface area contributed by atoms with Crippen LogP contribution in [-0.2, 0) is 4.79 Å². The molecule has 6 fully saturated rings. The first-order valence-corrected chi connectivity index (χ1v) is 12.5. The molecule has 6 nitrogen and oxygen atoms in total. The normalized spacial score (nSPS) is 41.2. The third-order valence-corrected chi connectivity index (χ3v) is 8.76. The second-order valence-corrected chi connectivity index (χ2v) is 11.4. The third kappa shape index (κ3) is 4.21. The summed E-state index contributed by atoms with van der Waals surface area (Å²) in [5, 5.41) is 3.44. The first kappa shape index (κ1) is 20.6. The van der Waals surface area contributed by atoms with E-state index in [4.69, 9.17) is 0 Å². The molecule has 4 bridgehead atoms. The van der Waals surface area contributed by atoms with Crippen LogP contribution in [0.2, 0.25) is 0 Å². The van der Waals surface area contributed by atoms with Gasteiger partial charge in [0.15, 0.2) is 0 Å². The van der Waals surface area contributed by atoms with Crippen molar-refractivity contribution in [3.05, 3.63) is 0 Å². The van der Waals surface area contributed by atoms with Gasteiger partial charge in [0.25, 0.3) is 0 Å². The van der Waals surface area contributed by atoms with Gasteiger partial charge in [-0.2, -0.15) is 0 Å². The fourth-order valence-corrected chi connectivity index (χ4v) is 7.66. The summed E-state index contributed by atoms with van der Waals surface area (Å²) in [4.78, 5) is 32.0. The summed E-state index contributed by atoms with van der Waals surface area (Å²) in [6.07, 6.45) is 8.01. The molecule has 6 aliphatic rings. The monoisotopic (exact) mass is 416 g/mol. The molecule has 2 heterocycles. The van der Waals surface area contributed by atoms with E-state index >= 15 is 0 Å². The maximum Gasteiger partial charge on any atom is 0.317 e. The second kappa shape index (κ2) is 8.33. The third-order valence-electron chi connectivity index (χ3n) is 8.76. The number of rotatable bonds is 3. The molecule has 168 valence electrons. The number of carbonyl (C=O) groups excluding carboxylic acids is 2. The fourth-order valence-electron chi connectivity index (χ4n) is 7.66. The van der Waals surface area contributed by atoms with Crippen LogP contribution in [0.5, 0.6) is 0 Å². The van der Waals surface area contributed by atoms with Crippen LogP contribution in [0, 0.1) is 35.5 Å². The van der Waals surface area contributed by atoms with Crippen molar-refractivity contribution in [2.45, 2.75) is 58.4 Å². The summed E-state index contributed by atoms with van der Waals surface area (Å²) in [5.41, 5.74) is 0. The number of nitrogens with one attached hydrogen (secondary N) is 1. The van der Waals surface area contributed by atoms with E-state index < -0.39 is 0 Å². The predicted octanol–water partition coefficient (Wildman–Crippen LogP) is 2.64. The molecule has 4 aliphatic carbocycles. The van der Waals surface area contributed by atoms with Crippen molar-refractivity contribution in [1.82, 2.24) is 20.0 Å². The van der Waals surface area contributed by atoms with Gasteiger partial charge >= 0.3 is 6.03 Å². The van der Waals surface area contributed by atoms with Gasteiger partial charge in [0.2, 0.25) is 5.91 Å². The highest BCUT2D eigenvalue weighted by molar-refractivity contribution is 5.78. The van der Waals surface area contributed by atoms with E-state index in [9.17, 15) is 9.59 Å². The number of hydrogen-bond acceptors (Lipinski definition) is 3. The molecular weight excluding hydrogens is 376 g/mol. The molecular formula is C24H40N4O2. The Balaban J connectivity index is 1.08. The Labute approximate surface area is 181 Å². The number of piperazine rings is 1. The van der Waals surface area contributed by atoms with E-state index in [2.05, 4.69) is 29.0 Å². The lowest BCUT2D eigenvalue weighted by Crippen LogP contribution is -2.60. The van der Waals surface area contributed by atoms with Crippen molar-refractivity contribution in [1.29, 1.82) is 0 Å². The van der Waals surface area contributed by atoms with E-state index in [0.717, 1.165) is 62.9 Å². The van der Waals surface area contributed by atoms with Crippen LogP contribution in [0.1, 0.15) is 52.4 Å². The molecule has 2 unspecified atom stereocenters. The minimum atomic E-state index is 0.136. The molecule has 4 saturated carbocycles. The van der Waals surface area contributed by atoms with Crippen molar-refractivity contribution in [3.8, 4) is 0 Å². The van der Waals surface area contributed by atoms with Crippen molar-refractivity contribution in [2.24, 2.45) is 35.5 Å². The molecule has 0 aromatic rings. The number of nitrogens with zero attached hydrogens (tertiary/aromatic N) is 3. The molecule has 6 rings (SSSR count). The average molecular weight is 417 g/mol. The van der Waals surface area contributed by atoms with Crippen molar-refractivity contribution in [2.75, 3.05) is 45.8 Å². The van der Waals surface area contributed by atoms with E-state index in [1.165, 1.54) is 38.5 Å². The second-order valence-electron chi connectivity index (χ2n) is 11.4. The number of carbonyl (C=O) groups is 2. The lowest BCUT2D eigenvalue weighted by atomic mass is 9.54. The van der Waals surface area contributed by atoms with Gasteiger partial charge in [0, 0.05) is 45.3 Å². The van der Waals surface area contributed by atoms with Crippen LogP contribution in [-0.4, -0.2) is 78.5 Å². The molecule has 0 spiro atoms. The van der Waals surface area contributed by atoms with E-state index in [0.29, 0.717) is 24.4 Å². The van der Waals surface area contributed by atoms with Crippen LogP contribution in [0.15, 0.2) is 0 Å². The van der Waals surface area contributed by atoms with Gasteiger partial charge in [-0.15, -0.1) is 0 Å². The highest BCUT2D eigenvalue weighted by Crippen LogP contribution is 2.53. The molecule has 30 heavy (non-hydrogen) atoms. The summed E-state index contributed by atoms with van der Waals surface area (Å²) < 4.78 is 0. The summed E-state index contributed by atoms with van der Waals surface area (Å²) in [5.74, 6) is 4.78. The molecule has 2 aliphatic heterocycles. The topological polar surface area (TPSA) is 55.9 Å². The van der Waals surface area contributed by atoms with Crippen LogP contribution in [0.3, 0.4) is 0 Å². The van der Waals surface area contributed by atoms with Crippen molar-refractivity contribution in [3.63, 3.8) is 0 Å². The number of piperidine rings is 1. The molecule has 6 heteroatoms. The minimum absolute atomic E-state index is 0.136. The number of hydrogen-bond donors (Lipinski definition) is 1. The summed E-state index contributed by atoms with van der Waals surface area (Å²) in [6, 6.07) is 0.546. The van der Waals surface area contributed by atoms with E-state index in [1.807, 2.05) is 4.90 Å². The number of amides is 3. The van der Waals surface area contributed by atoms with Gasteiger partial charge in [0.05, 0.1) is 6.54 Å². The highest BCUT2D eigenvalue weighted by atomic mass is 16.2. The summed E-state index contributed by atoms with van der Waals surface area (Å²) in [6.45, 7) is 9.88. The van der Waals surface area contributed by atoms with Gasteiger partial charge < -0.3 is 15.1 Å². The molecule has 0 aromatic carbocycles. The highest BCUT2D eigenvalue weighted by Gasteiger charge is 2.49. The van der Waals surface area contributed by atoms with Gasteiger partial charge in [-0.1, -0.05) is 13.8 Å². The van der Waals surface area contributed by atoms with Crippen LogP contribution >= 0.6 is 0 Å². The average Bonchev–Trinajstić information content (AvgIpc) is 2.70. The maximum atomic E-state index is 13.0. The van der Waals surface area contributed by atoms with Gasteiger partial charge in [0.1, 0.15) is 0 Å². The van der Waals surface area contributed by atoms with Crippen molar-refractivity contribution >= 4 is 11.9 Å². The molecule has 0 aromatic heterocycles. The Kier molecular flexibility index (Phi) is 5.72. The lowest BCUT2D eigenvalue weighted by Gasteiger charge is -2.54. The Morgan fingerprint density at radius 3 is 1.90 bits per heavy atom. The zero-order chi connectivity index (χ0) is 20.8. The zero-order valence-electron chi connectivity index (χ0n) is 18.9. The minimum Gasteiger partial charge on any atom is -0.341 e. The Morgan fingerprint density at radius 1 is 0.767 bits per heavy atom. The maximum absolute atomic E-state index is 13.0. The van der Waals surface area contributed by atoms with Gasteiger partial charge in [-0.25, -0.2) is 4.79 Å². The summed E-state index contributed by atoms with van der Waals surface area (Å²) in [7, 11) is 0. The van der Waals surface area contributed by atoms with Crippen LogP contribution in [0.4, 0.5) is 4.79 Å². The largest absolute Gasteiger partial charge is 0.341 e. The molecule has 1 N–H and O–H groups in total. The SMILES string of the molecule is CC1CC(C)CN(C(=O)CN2CCN(C(=O)NC3C4CC5CC(C4)CC3C5)CC2)C1. The van der Waals surface area contributed by atoms with E-state index in [-0.39, 0.29) is 11.9 Å². The van der Waals surface area contributed by atoms with Gasteiger partial charge in [-0.3, -0.25) is 9.69 Å². The van der Waals surface area contributed by atoms with Crippen molar-refractivity contribution < 1.29 is 9.59 Å². The quantitative estimate of drug-likeness (QED) is 0.770. The Morgan fingerprint density at radius 2 is 1.33 bits per heavy atom. The number of urea groups is 1. The summed E-state index contributed by atoms with van der Waals surface area (Å²) >= 11 is 0. The van der Waals surface area contributed by atoms with Crippen LogP contribution in [0.25, 0.3) is 0 Å². The molecule has 2 atom stereocenters. The van der Waals surface area contributed by atoms with Gasteiger partial charge in [-0.05, 0) is 74.0 Å². The zero-order valence-corrected chi connectivity index (χ0v) is 18.9. The first-order valence-electron chi connectivity index (χ1n) is 12.5. The molecule has 0 radical (unpaired) electrons. The smallest absolute Gasteiger partial charge is 0.317 e. The van der Waals surface area contributed by atoms with E-state index in [1.54, 1.807) is 0 Å². The molecule has 3 amide bonds. The predicted molar refractivity (Wildman–Crippen MR) is 117 cm³/mol.